The summed E-state index contributed by atoms with van der Waals surface area (Å²) in [6, 6.07) is 10.2. The predicted molar refractivity (Wildman–Crippen MR) is 104 cm³/mol. The zero-order chi connectivity index (χ0) is 19.5. The van der Waals surface area contributed by atoms with Crippen LogP contribution in [0.5, 0.6) is 0 Å². The summed E-state index contributed by atoms with van der Waals surface area (Å²) in [6.45, 7) is 5.85. The summed E-state index contributed by atoms with van der Waals surface area (Å²) >= 11 is 0. The van der Waals surface area contributed by atoms with Crippen molar-refractivity contribution in [3.05, 3.63) is 64.6 Å². The molecule has 0 radical (unpaired) electrons. The van der Waals surface area contributed by atoms with Gasteiger partial charge in [-0.25, -0.2) is 9.67 Å². The zero-order valence-corrected chi connectivity index (χ0v) is 16.4. The highest BCUT2D eigenvalue weighted by Gasteiger charge is 2.21. The summed E-state index contributed by atoms with van der Waals surface area (Å²) in [4.78, 5) is 19.3. The van der Waals surface area contributed by atoms with Crippen LogP contribution >= 0.6 is 0 Å². The fourth-order valence-electron chi connectivity index (χ4n) is 3.70. The molecular weight excluding hydrogens is 354 g/mol. The standard InChI is InChI=1S/C21H25N5O2/c1-15-18(16(2)28-24-15)8-9-21(27)25-11-10-20-22-19(23-26(20)13-12-25)14-17-6-4-3-5-7-17/h3-7H,8-14H2,1-2H3. The predicted octanol–water partition coefficient (Wildman–Crippen LogP) is 2.49. The lowest BCUT2D eigenvalue weighted by Crippen LogP contribution is -2.34. The van der Waals surface area contributed by atoms with Crippen LogP contribution < -0.4 is 0 Å². The van der Waals surface area contributed by atoms with E-state index in [0.717, 1.165) is 41.5 Å². The van der Waals surface area contributed by atoms with E-state index in [0.29, 0.717) is 32.5 Å². The Hall–Kier alpha value is -2.96. The van der Waals surface area contributed by atoms with Gasteiger partial charge in [-0.15, -0.1) is 0 Å². The Morgan fingerprint density at radius 3 is 2.71 bits per heavy atom. The molecule has 0 fully saturated rings. The average molecular weight is 379 g/mol. The van der Waals surface area contributed by atoms with Gasteiger partial charge in [-0.2, -0.15) is 5.10 Å². The van der Waals surface area contributed by atoms with Crippen molar-refractivity contribution in [2.24, 2.45) is 0 Å². The van der Waals surface area contributed by atoms with Crippen molar-refractivity contribution in [2.45, 2.75) is 46.1 Å². The maximum atomic E-state index is 12.7. The fourth-order valence-corrected chi connectivity index (χ4v) is 3.70. The van der Waals surface area contributed by atoms with E-state index in [4.69, 9.17) is 9.51 Å². The molecule has 0 saturated heterocycles. The molecule has 7 heteroatoms. The third kappa shape index (κ3) is 3.98. The molecule has 3 aromatic rings. The summed E-state index contributed by atoms with van der Waals surface area (Å²) in [6.07, 6.45) is 2.61. The van der Waals surface area contributed by atoms with Crippen LogP contribution in [-0.2, 0) is 30.6 Å². The fraction of sp³-hybridized carbons (Fsp3) is 0.429. The molecule has 0 saturated carbocycles. The summed E-state index contributed by atoms with van der Waals surface area (Å²) < 4.78 is 7.14. The van der Waals surface area contributed by atoms with Gasteiger partial charge in [-0.05, 0) is 25.8 Å². The maximum absolute atomic E-state index is 12.7. The number of carbonyl (C=O) groups excluding carboxylic acids is 1. The minimum absolute atomic E-state index is 0.162. The molecule has 0 bridgehead atoms. The molecule has 0 atom stereocenters. The van der Waals surface area contributed by atoms with E-state index in [1.807, 2.05) is 41.6 Å². The maximum Gasteiger partial charge on any atom is 0.222 e. The highest BCUT2D eigenvalue weighted by Crippen LogP contribution is 2.16. The first-order chi connectivity index (χ1) is 13.6. The Morgan fingerprint density at radius 2 is 1.96 bits per heavy atom. The van der Waals surface area contributed by atoms with Crippen LogP contribution in [0.4, 0.5) is 0 Å². The van der Waals surface area contributed by atoms with E-state index in [1.165, 1.54) is 5.56 Å². The molecule has 7 nitrogen and oxygen atoms in total. The van der Waals surface area contributed by atoms with Crippen molar-refractivity contribution in [2.75, 3.05) is 13.1 Å². The van der Waals surface area contributed by atoms with Crippen LogP contribution in [0, 0.1) is 13.8 Å². The molecule has 1 aromatic carbocycles. The van der Waals surface area contributed by atoms with Crippen molar-refractivity contribution in [3.8, 4) is 0 Å². The number of carbonyl (C=O) groups is 1. The van der Waals surface area contributed by atoms with Gasteiger partial charge in [0.05, 0.1) is 12.2 Å². The van der Waals surface area contributed by atoms with Gasteiger partial charge in [0.2, 0.25) is 5.91 Å². The summed E-state index contributed by atoms with van der Waals surface area (Å²) in [5.74, 6) is 2.78. The normalized spacial score (nSPS) is 14.0. The first-order valence-electron chi connectivity index (χ1n) is 9.76. The van der Waals surface area contributed by atoms with Crippen LogP contribution in [0.1, 0.15) is 40.7 Å². The second-order valence-corrected chi connectivity index (χ2v) is 7.26. The second-order valence-electron chi connectivity index (χ2n) is 7.26. The Labute approximate surface area is 164 Å². The Bertz CT molecular complexity index is 916. The van der Waals surface area contributed by atoms with Crippen molar-refractivity contribution < 1.29 is 9.32 Å². The van der Waals surface area contributed by atoms with E-state index in [2.05, 4.69) is 22.4 Å². The molecule has 28 heavy (non-hydrogen) atoms. The molecule has 1 aliphatic heterocycles. The Balaban J connectivity index is 1.34. The molecule has 0 aliphatic carbocycles. The van der Waals surface area contributed by atoms with Crippen LogP contribution in [-0.4, -0.2) is 43.8 Å². The first-order valence-corrected chi connectivity index (χ1v) is 9.76. The quantitative estimate of drug-likeness (QED) is 0.681. The highest BCUT2D eigenvalue weighted by atomic mass is 16.5. The Kier molecular flexibility index (Phi) is 5.23. The van der Waals surface area contributed by atoms with Gasteiger partial charge in [-0.3, -0.25) is 4.79 Å². The monoisotopic (exact) mass is 379 g/mol. The number of hydrogen-bond donors (Lipinski definition) is 0. The number of aromatic nitrogens is 4. The molecule has 4 rings (SSSR count). The van der Waals surface area contributed by atoms with Crippen LogP contribution in [0.2, 0.25) is 0 Å². The third-order valence-electron chi connectivity index (χ3n) is 5.31. The van der Waals surface area contributed by atoms with E-state index in [-0.39, 0.29) is 5.91 Å². The number of aryl methyl sites for hydroxylation is 2. The molecule has 1 amide bonds. The van der Waals surface area contributed by atoms with E-state index < -0.39 is 0 Å². The van der Waals surface area contributed by atoms with Gasteiger partial charge in [-0.1, -0.05) is 35.5 Å². The lowest BCUT2D eigenvalue weighted by molar-refractivity contribution is -0.131. The largest absolute Gasteiger partial charge is 0.361 e. The van der Waals surface area contributed by atoms with Crippen LogP contribution in [0.25, 0.3) is 0 Å². The van der Waals surface area contributed by atoms with Gasteiger partial charge in [0.1, 0.15) is 11.6 Å². The Morgan fingerprint density at radius 1 is 1.14 bits per heavy atom. The molecule has 0 unspecified atom stereocenters. The SMILES string of the molecule is Cc1noc(C)c1CCC(=O)N1CCc2nc(Cc3ccccc3)nn2CC1. The second kappa shape index (κ2) is 7.96. The van der Waals surface area contributed by atoms with Gasteiger partial charge in [0.25, 0.3) is 0 Å². The number of amides is 1. The third-order valence-corrected chi connectivity index (χ3v) is 5.31. The number of rotatable bonds is 5. The molecule has 146 valence electrons. The van der Waals surface area contributed by atoms with Gasteiger partial charge in [0, 0.05) is 37.9 Å². The van der Waals surface area contributed by atoms with Crippen LogP contribution in [0.3, 0.4) is 0 Å². The van der Waals surface area contributed by atoms with Crippen molar-refractivity contribution in [3.63, 3.8) is 0 Å². The molecule has 3 heterocycles. The van der Waals surface area contributed by atoms with Gasteiger partial charge >= 0.3 is 0 Å². The molecule has 2 aromatic heterocycles. The van der Waals surface area contributed by atoms with E-state index in [9.17, 15) is 4.79 Å². The van der Waals surface area contributed by atoms with E-state index in [1.54, 1.807) is 0 Å². The zero-order valence-electron chi connectivity index (χ0n) is 16.4. The van der Waals surface area contributed by atoms with Gasteiger partial charge < -0.3 is 9.42 Å². The first kappa shape index (κ1) is 18.4. The summed E-state index contributed by atoms with van der Waals surface area (Å²) in [5.41, 5.74) is 3.12. The number of hydrogen-bond acceptors (Lipinski definition) is 5. The molecule has 0 spiro atoms. The molecule has 1 aliphatic rings. The topological polar surface area (TPSA) is 77.1 Å². The van der Waals surface area contributed by atoms with Crippen molar-refractivity contribution >= 4 is 5.91 Å². The van der Waals surface area contributed by atoms with Crippen molar-refractivity contribution in [1.29, 1.82) is 0 Å². The minimum atomic E-state index is 0.162. The molecule has 0 N–H and O–H groups in total. The number of benzene rings is 1. The van der Waals surface area contributed by atoms with Crippen molar-refractivity contribution in [1.82, 2.24) is 24.8 Å². The average Bonchev–Trinajstić information content (AvgIpc) is 3.16. The summed E-state index contributed by atoms with van der Waals surface area (Å²) in [7, 11) is 0. The van der Waals surface area contributed by atoms with E-state index >= 15 is 0 Å². The number of fused-ring (bicyclic) bond motifs is 1. The lowest BCUT2D eigenvalue weighted by atomic mass is 10.1. The number of nitrogens with zero attached hydrogens (tertiary/aromatic N) is 5. The lowest BCUT2D eigenvalue weighted by Gasteiger charge is -2.19. The minimum Gasteiger partial charge on any atom is -0.361 e. The van der Waals surface area contributed by atoms with Gasteiger partial charge in [0.15, 0.2) is 5.82 Å². The smallest absolute Gasteiger partial charge is 0.222 e. The molecular formula is C21H25N5O2. The highest BCUT2D eigenvalue weighted by molar-refractivity contribution is 5.76. The van der Waals surface area contributed by atoms with Crippen LogP contribution in [0.15, 0.2) is 34.9 Å². The summed E-state index contributed by atoms with van der Waals surface area (Å²) in [5, 5.41) is 8.62.